The van der Waals surface area contributed by atoms with Crippen molar-refractivity contribution >= 4 is 41.2 Å². The van der Waals surface area contributed by atoms with Crippen molar-refractivity contribution in [3.63, 3.8) is 0 Å². The second-order valence-electron chi connectivity index (χ2n) is 10.9. The molecule has 8 rings (SSSR count). The van der Waals surface area contributed by atoms with Crippen molar-refractivity contribution in [2.24, 2.45) is 0 Å². The van der Waals surface area contributed by atoms with Crippen LogP contribution in [0.3, 0.4) is 0 Å². The highest BCUT2D eigenvalue weighted by Crippen LogP contribution is 2.60. The Bertz CT molecular complexity index is 1810. The van der Waals surface area contributed by atoms with Crippen LogP contribution in [0.15, 0.2) is 97.1 Å². The topological polar surface area (TPSA) is 9.72 Å². The maximum atomic E-state index is 2.60. The number of aryl methyl sites for hydroxylation is 4. The second kappa shape index (κ2) is 7.55. The summed E-state index contributed by atoms with van der Waals surface area (Å²) in [4.78, 5) is 7.73. The predicted octanol–water partition coefficient (Wildman–Crippen LogP) is 8.99. The average Bonchev–Trinajstić information content (AvgIpc) is 3.41. The summed E-state index contributed by atoms with van der Waals surface area (Å²) in [7, 11) is -0.0430. The van der Waals surface area contributed by atoms with E-state index in [1.807, 2.05) is 0 Å². The molecule has 0 atom stereocenters. The minimum Gasteiger partial charge on any atom is -0.343 e. The van der Waals surface area contributed by atoms with Gasteiger partial charge in [0, 0.05) is 22.5 Å². The van der Waals surface area contributed by atoms with Crippen molar-refractivity contribution in [2.45, 2.75) is 27.7 Å². The van der Waals surface area contributed by atoms with Gasteiger partial charge in [-0.05, 0) is 85.3 Å². The first-order chi connectivity index (χ1) is 18.5. The molecule has 0 N–H and O–H groups in total. The molecular formula is C34H28BN3. The van der Waals surface area contributed by atoms with E-state index in [9.17, 15) is 0 Å². The zero-order chi connectivity index (χ0) is 25.7. The fourth-order valence-electron chi connectivity index (χ4n) is 6.97. The SMILES string of the molecule is Cc1ccc2c(c1)N1B3N2c2ccccc2N3c2c(C)cccc2-c2c(C)cccc2-c2cccc(C)c21. The van der Waals surface area contributed by atoms with Gasteiger partial charge in [-0.1, -0.05) is 72.8 Å². The van der Waals surface area contributed by atoms with Crippen molar-refractivity contribution in [2.75, 3.05) is 14.4 Å². The number of para-hydroxylation sites is 4. The highest BCUT2D eigenvalue weighted by atomic mass is 15.4. The molecule has 0 radical (unpaired) electrons. The van der Waals surface area contributed by atoms with Gasteiger partial charge in [0.05, 0.1) is 22.7 Å². The Balaban J connectivity index is 1.61. The summed E-state index contributed by atoms with van der Waals surface area (Å²) in [6.07, 6.45) is 0. The summed E-state index contributed by atoms with van der Waals surface area (Å²) in [5.74, 6) is 0. The Hall–Kier alpha value is -4.44. The van der Waals surface area contributed by atoms with E-state index in [0.717, 1.165) is 0 Å². The van der Waals surface area contributed by atoms with Gasteiger partial charge in [0.25, 0.3) is 0 Å². The van der Waals surface area contributed by atoms with Crippen molar-refractivity contribution in [1.82, 2.24) is 0 Å². The number of nitrogens with zero attached hydrogens (tertiary/aromatic N) is 3. The first-order valence-electron chi connectivity index (χ1n) is 13.4. The van der Waals surface area contributed by atoms with Crippen molar-refractivity contribution in [3.8, 4) is 22.3 Å². The highest BCUT2D eigenvalue weighted by Gasteiger charge is 2.55. The second-order valence-corrected chi connectivity index (χ2v) is 10.9. The molecule has 3 heterocycles. The van der Waals surface area contributed by atoms with E-state index >= 15 is 0 Å². The number of benzene rings is 5. The van der Waals surface area contributed by atoms with Gasteiger partial charge in [-0.2, -0.15) is 0 Å². The minimum atomic E-state index is -0.0430. The van der Waals surface area contributed by atoms with Gasteiger partial charge in [0.2, 0.25) is 0 Å². The van der Waals surface area contributed by atoms with Crippen LogP contribution >= 0.6 is 0 Å². The smallest absolute Gasteiger partial charge is 0.343 e. The van der Waals surface area contributed by atoms with Crippen LogP contribution in [0.4, 0.5) is 34.1 Å². The third-order valence-corrected chi connectivity index (χ3v) is 8.53. The van der Waals surface area contributed by atoms with Crippen LogP contribution in [-0.2, 0) is 0 Å². The lowest BCUT2D eigenvalue weighted by Gasteiger charge is -2.34. The Morgan fingerprint density at radius 3 is 1.74 bits per heavy atom. The van der Waals surface area contributed by atoms with Crippen molar-refractivity contribution in [1.29, 1.82) is 0 Å². The summed E-state index contributed by atoms with van der Waals surface area (Å²) in [6, 6.07) is 36.1. The molecule has 0 aliphatic carbocycles. The first kappa shape index (κ1) is 21.6. The van der Waals surface area contributed by atoms with Crippen LogP contribution in [0.25, 0.3) is 22.3 Å². The van der Waals surface area contributed by atoms with Gasteiger partial charge >= 0.3 is 7.12 Å². The third kappa shape index (κ3) is 2.65. The summed E-state index contributed by atoms with van der Waals surface area (Å²) in [6.45, 7) is 8.97. The van der Waals surface area contributed by atoms with E-state index in [0.29, 0.717) is 0 Å². The Labute approximate surface area is 224 Å². The monoisotopic (exact) mass is 489 g/mol. The normalized spacial score (nSPS) is 14.1. The molecule has 0 spiro atoms. The molecule has 182 valence electrons. The molecule has 0 amide bonds. The minimum absolute atomic E-state index is 0.0430. The molecule has 0 aromatic heterocycles. The molecule has 0 unspecified atom stereocenters. The standard InChI is InChI=1S/C34H28BN3/c1-21-18-19-30-31(20-21)38-33-23(3)11-8-14-26(33)25-13-7-10-22(2)32(25)27-15-9-12-24(4)34(27)37-29-17-6-5-16-28(29)36(30)35(37)38/h5-20H,1-4H3. The molecule has 3 aliphatic heterocycles. The van der Waals surface area contributed by atoms with E-state index in [-0.39, 0.29) is 7.12 Å². The van der Waals surface area contributed by atoms with Gasteiger partial charge < -0.3 is 14.4 Å². The maximum Gasteiger partial charge on any atom is 0.519 e. The Kier molecular flexibility index (Phi) is 4.30. The molecular weight excluding hydrogens is 461 g/mol. The lowest BCUT2D eigenvalue weighted by atomic mass is 9.84. The third-order valence-electron chi connectivity index (χ3n) is 8.53. The first-order valence-corrected chi connectivity index (χ1v) is 13.4. The summed E-state index contributed by atoms with van der Waals surface area (Å²) >= 11 is 0. The van der Waals surface area contributed by atoms with Crippen LogP contribution in [0.5, 0.6) is 0 Å². The fraction of sp³-hybridized carbons (Fsp3) is 0.118. The number of hydrogen-bond donors (Lipinski definition) is 0. The molecule has 0 bridgehead atoms. The molecule has 0 saturated carbocycles. The lowest BCUT2D eigenvalue weighted by molar-refractivity contribution is 1.28. The Morgan fingerprint density at radius 1 is 0.447 bits per heavy atom. The molecule has 3 aliphatic rings. The average molecular weight is 489 g/mol. The van der Waals surface area contributed by atoms with Crippen LogP contribution in [0, 0.1) is 27.7 Å². The van der Waals surface area contributed by atoms with Gasteiger partial charge in [-0.25, -0.2) is 0 Å². The number of anilines is 6. The molecule has 3 nitrogen and oxygen atoms in total. The largest absolute Gasteiger partial charge is 0.519 e. The highest BCUT2D eigenvalue weighted by molar-refractivity contribution is 6.80. The van der Waals surface area contributed by atoms with Crippen LogP contribution in [0.2, 0.25) is 0 Å². The number of fused-ring (bicyclic) bond motifs is 13. The molecule has 5 aromatic rings. The van der Waals surface area contributed by atoms with Gasteiger partial charge in [-0.3, -0.25) is 0 Å². The summed E-state index contributed by atoms with van der Waals surface area (Å²) < 4.78 is 0. The van der Waals surface area contributed by atoms with Crippen molar-refractivity contribution < 1.29 is 0 Å². The van der Waals surface area contributed by atoms with Crippen LogP contribution < -0.4 is 14.4 Å². The molecule has 4 heteroatoms. The quantitative estimate of drug-likeness (QED) is 0.201. The zero-order valence-electron chi connectivity index (χ0n) is 22.2. The predicted molar refractivity (Wildman–Crippen MR) is 161 cm³/mol. The maximum absolute atomic E-state index is 2.60. The van der Waals surface area contributed by atoms with E-state index in [4.69, 9.17) is 0 Å². The fourth-order valence-corrected chi connectivity index (χ4v) is 6.97. The van der Waals surface area contributed by atoms with E-state index < -0.39 is 0 Å². The number of hydrogen-bond acceptors (Lipinski definition) is 3. The molecule has 5 aromatic carbocycles. The summed E-state index contributed by atoms with van der Waals surface area (Å²) in [5, 5.41) is 0. The zero-order valence-corrected chi connectivity index (χ0v) is 22.2. The molecule has 38 heavy (non-hydrogen) atoms. The molecule has 0 fully saturated rings. The van der Waals surface area contributed by atoms with Gasteiger partial charge in [-0.15, -0.1) is 0 Å². The van der Waals surface area contributed by atoms with Gasteiger partial charge in [0.1, 0.15) is 0 Å². The lowest BCUT2D eigenvalue weighted by Crippen LogP contribution is -2.52. The van der Waals surface area contributed by atoms with Crippen molar-refractivity contribution in [3.05, 3.63) is 119 Å². The van der Waals surface area contributed by atoms with E-state index in [2.05, 4.69) is 139 Å². The van der Waals surface area contributed by atoms with Crippen LogP contribution in [-0.4, -0.2) is 7.12 Å². The van der Waals surface area contributed by atoms with E-state index in [1.54, 1.807) is 0 Å². The van der Waals surface area contributed by atoms with E-state index in [1.165, 1.54) is 78.6 Å². The number of rotatable bonds is 0. The Morgan fingerprint density at radius 2 is 1.00 bits per heavy atom. The van der Waals surface area contributed by atoms with Gasteiger partial charge in [0.15, 0.2) is 0 Å². The van der Waals surface area contributed by atoms with Crippen LogP contribution in [0.1, 0.15) is 22.3 Å². The summed E-state index contributed by atoms with van der Waals surface area (Å²) in [5.41, 5.74) is 17.9. The molecule has 0 saturated heterocycles.